The molecule has 0 aromatic heterocycles. The van der Waals surface area contributed by atoms with Gasteiger partial charge in [0.25, 0.3) is 0 Å². The van der Waals surface area contributed by atoms with E-state index in [4.69, 9.17) is 0 Å². The van der Waals surface area contributed by atoms with Gasteiger partial charge < -0.3 is 10.2 Å². The Kier molecular flexibility index (Phi) is 7.74. The molecular weight excluding hydrogens is 258 g/mol. The average molecular weight is 274 g/mol. The van der Waals surface area contributed by atoms with Gasteiger partial charge in [-0.3, -0.25) is 0 Å². The van der Waals surface area contributed by atoms with Crippen LogP contribution < -0.4 is 0 Å². The van der Waals surface area contributed by atoms with E-state index in [0.717, 1.165) is 11.1 Å². The Hall–Kier alpha value is 0.0400. The molecule has 0 amide bonds. The van der Waals surface area contributed by atoms with Crippen LogP contribution in [0, 0.1) is 0 Å². The fraction of sp³-hybridized carbons (Fsp3) is 0.200. The van der Waals surface area contributed by atoms with E-state index in [1.807, 2.05) is 24.3 Å². The van der Waals surface area contributed by atoms with Crippen LogP contribution in [0.25, 0.3) is 0 Å². The predicted octanol–water partition coefficient (Wildman–Crippen LogP) is 2.66. The number of aromatic hydroxyl groups is 2. The van der Waals surface area contributed by atoms with Gasteiger partial charge in [-0.1, -0.05) is 38.1 Å². The molecule has 0 fully saturated rings. The van der Waals surface area contributed by atoms with E-state index in [1.165, 1.54) is 0 Å². The molecular formula is C15H16Na2O2. The van der Waals surface area contributed by atoms with Gasteiger partial charge in [-0.15, -0.1) is 0 Å². The first-order chi connectivity index (χ1) is 8.00. The van der Waals surface area contributed by atoms with Crippen LogP contribution in [0.2, 0.25) is 0 Å². The van der Waals surface area contributed by atoms with Crippen molar-refractivity contribution in [3.8, 4) is 11.5 Å². The van der Waals surface area contributed by atoms with Crippen LogP contribution in [0.4, 0.5) is 0 Å². The zero-order valence-electron chi connectivity index (χ0n) is 12.0. The van der Waals surface area contributed by atoms with Crippen molar-refractivity contribution in [2.24, 2.45) is 0 Å². The van der Waals surface area contributed by atoms with Gasteiger partial charge in [0.05, 0.1) is 0 Å². The summed E-state index contributed by atoms with van der Waals surface area (Å²) in [5, 5.41) is 18.6. The molecule has 2 radical (unpaired) electrons. The monoisotopic (exact) mass is 274 g/mol. The first-order valence-corrected chi connectivity index (χ1v) is 5.59. The maximum atomic E-state index is 9.30. The molecule has 0 aliphatic heterocycles. The Balaban J connectivity index is 0.00000162. The smallest absolute Gasteiger partial charge is 0.115 e. The quantitative estimate of drug-likeness (QED) is 0.827. The summed E-state index contributed by atoms with van der Waals surface area (Å²) in [6.45, 7) is 4.23. The van der Waals surface area contributed by atoms with Gasteiger partial charge in [0.1, 0.15) is 11.5 Å². The Morgan fingerprint density at radius 3 is 1.16 bits per heavy atom. The normalized spacial score (nSPS) is 10.2. The van der Waals surface area contributed by atoms with Crippen LogP contribution in [-0.2, 0) is 5.41 Å². The molecule has 2 aromatic carbocycles. The Bertz CT molecular complexity index is 457. The molecule has 90 valence electrons. The van der Waals surface area contributed by atoms with E-state index in [1.54, 1.807) is 24.3 Å². The van der Waals surface area contributed by atoms with E-state index in [-0.39, 0.29) is 76.0 Å². The fourth-order valence-corrected chi connectivity index (χ4v) is 1.92. The van der Waals surface area contributed by atoms with Crippen LogP contribution in [0.5, 0.6) is 11.5 Å². The molecule has 2 rings (SSSR count). The standard InChI is InChI=1S/C15H16O2.2Na/c1-15(2,11-3-7-13(16)8-4-11)12-5-9-14(17)10-6-12;;/h3-10,16-17H,1-2H3;;. The minimum atomic E-state index is -0.151. The summed E-state index contributed by atoms with van der Waals surface area (Å²) >= 11 is 0. The van der Waals surface area contributed by atoms with E-state index >= 15 is 0 Å². The minimum Gasteiger partial charge on any atom is -0.508 e. The number of phenolic OH excluding ortho intramolecular Hbond substituents is 2. The molecule has 0 spiro atoms. The SMILES string of the molecule is CC(C)(c1ccc(O)cc1)c1ccc(O)cc1.[Na].[Na]. The first-order valence-electron chi connectivity index (χ1n) is 5.59. The third kappa shape index (κ3) is 4.52. The third-order valence-electron chi connectivity index (χ3n) is 3.18. The Morgan fingerprint density at radius 2 is 0.895 bits per heavy atom. The van der Waals surface area contributed by atoms with Crippen molar-refractivity contribution >= 4 is 59.1 Å². The molecule has 0 saturated carbocycles. The van der Waals surface area contributed by atoms with Gasteiger partial charge in [0.15, 0.2) is 0 Å². The summed E-state index contributed by atoms with van der Waals surface area (Å²) in [6.07, 6.45) is 0. The summed E-state index contributed by atoms with van der Waals surface area (Å²) < 4.78 is 0. The van der Waals surface area contributed by atoms with Crippen molar-refractivity contribution in [3.63, 3.8) is 0 Å². The van der Waals surface area contributed by atoms with Crippen LogP contribution in [0.15, 0.2) is 48.5 Å². The number of benzene rings is 2. The van der Waals surface area contributed by atoms with Crippen LogP contribution in [0.3, 0.4) is 0 Å². The van der Waals surface area contributed by atoms with Crippen molar-refractivity contribution in [3.05, 3.63) is 59.7 Å². The molecule has 2 N–H and O–H groups in total. The van der Waals surface area contributed by atoms with Gasteiger partial charge >= 0.3 is 0 Å². The van der Waals surface area contributed by atoms with Crippen LogP contribution in [-0.4, -0.2) is 69.3 Å². The van der Waals surface area contributed by atoms with E-state index in [9.17, 15) is 10.2 Å². The van der Waals surface area contributed by atoms with Gasteiger partial charge in [-0.05, 0) is 35.4 Å². The molecule has 0 aliphatic carbocycles. The fourth-order valence-electron chi connectivity index (χ4n) is 1.92. The summed E-state index contributed by atoms with van der Waals surface area (Å²) in [5.74, 6) is 0.547. The van der Waals surface area contributed by atoms with Gasteiger partial charge in [-0.25, -0.2) is 0 Å². The molecule has 0 bridgehead atoms. The van der Waals surface area contributed by atoms with Gasteiger partial charge in [-0.2, -0.15) is 0 Å². The molecule has 19 heavy (non-hydrogen) atoms. The predicted molar refractivity (Wildman–Crippen MR) is 79.8 cm³/mol. The number of rotatable bonds is 2. The zero-order valence-corrected chi connectivity index (χ0v) is 16.0. The van der Waals surface area contributed by atoms with Crippen LogP contribution >= 0.6 is 0 Å². The largest absolute Gasteiger partial charge is 0.508 e. The second-order valence-electron chi connectivity index (χ2n) is 4.72. The van der Waals surface area contributed by atoms with E-state index < -0.39 is 0 Å². The maximum Gasteiger partial charge on any atom is 0.115 e. The number of hydrogen-bond acceptors (Lipinski definition) is 2. The summed E-state index contributed by atoms with van der Waals surface area (Å²) in [4.78, 5) is 0. The molecule has 2 nitrogen and oxygen atoms in total. The van der Waals surface area contributed by atoms with Crippen LogP contribution in [0.1, 0.15) is 25.0 Å². The average Bonchev–Trinajstić information content (AvgIpc) is 2.30. The van der Waals surface area contributed by atoms with Crippen molar-refractivity contribution in [1.29, 1.82) is 0 Å². The zero-order chi connectivity index (χ0) is 12.5. The Labute approximate surface area is 158 Å². The van der Waals surface area contributed by atoms with E-state index in [0.29, 0.717) is 0 Å². The molecule has 0 aliphatic rings. The Morgan fingerprint density at radius 1 is 0.632 bits per heavy atom. The summed E-state index contributed by atoms with van der Waals surface area (Å²) in [5.41, 5.74) is 2.10. The van der Waals surface area contributed by atoms with Crippen molar-refractivity contribution in [1.82, 2.24) is 0 Å². The topological polar surface area (TPSA) is 40.5 Å². The second kappa shape index (κ2) is 7.72. The number of phenols is 2. The second-order valence-corrected chi connectivity index (χ2v) is 4.72. The third-order valence-corrected chi connectivity index (χ3v) is 3.18. The molecule has 0 atom stereocenters. The number of hydrogen-bond donors (Lipinski definition) is 2. The summed E-state index contributed by atoms with van der Waals surface area (Å²) in [7, 11) is 0. The molecule has 0 heterocycles. The summed E-state index contributed by atoms with van der Waals surface area (Å²) in [6, 6.07) is 14.4. The molecule has 0 unspecified atom stereocenters. The van der Waals surface area contributed by atoms with Gasteiger partial charge in [0, 0.05) is 64.5 Å². The molecule has 4 heteroatoms. The molecule has 2 aromatic rings. The van der Waals surface area contributed by atoms with Crippen molar-refractivity contribution < 1.29 is 10.2 Å². The molecule has 0 saturated heterocycles. The van der Waals surface area contributed by atoms with E-state index in [2.05, 4.69) is 13.8 Å². The first kappa shape index (κ1) is 19.0. The van der Waals surface area contributed by atoms with Gasteiger partial charge in [0.2, 0.25) is 0 Å². The minimum absolute atomic E-state index is 0. The van der Waals surface area contributed by atoms with Crippen molar-refractivity contribution in [2.45, 2.75) is 19.3 Å². The van der Waals surface area contributed by atoms with Crippen molar-refractivity contribution in [2.75, 3.05) is 0 Å². The maximum absolute atomic E-state index is 9.30.